The summed E-state index contributed by atoms with van der Waals surface area (Å²) in [5.41, 5.74) is 1.90. The van der Waals surface area contributed by atoms with Crippen molar-refractivity contribution in [2.45, 2.75) is 25.4 Å². The van der Waals surface area contributed by atoms with Gasteiger partial charge in [-0.05, 0) is 71.3 Å². The number of thiophene rings is 2. The molecule has 0 fully saturated rings. The van der Waals surface area contributed by atoms with Gasteiger partial charge in [-0.25, -0.2) is 14.2 Å². The number of aliphatic hydroxyl groups excluding tert-OH is 1. The predicted octanol–water partition coefficient (Wildman–Crippen LogP) is 5.44. The van der Waals surface area contributed by atoms with Gasteiger partial charge in [-0.1, -0.05) is 17.9 Å². The average molecular weight is 543 g/mol. The van der Waals surface area contributed by atoms with Crippen molar-refractivity contribution in [1.29, 1.82) is 0 Å². The van der Waals surface area contributed by atoms with Gasteiger partial charge < -0.3 is 10.2 Å². The van der Waals surface area contributed by atoms with Crippen LogP contribution in [-0.4, -0.2) is 50.6 Å². The van der Waals surface area contributed by atoms with Crippen molar-refractivity contribution in [3.8, 4) is 11.8 Å². The number of aromatic carboxylic acids is 1. The smallest absolute Gasteiger partial charge is 0.345 e. The fourth-order valence-electron chi connectivity index (χ4n) is 3.59. The monoisotopic (exact) mass is 542 g/mol. The molecule has 0 aliphatic carbocycles. The number of hydrogen-bond acceptors (Lipinski definition) is 7. The maximum Gasteiger partial charge on any atom is 0.345 e. The third-order valence-electron chi connectivity index (χ3n) is 5.42. The number of nitrogens with zero attached hydrogens (tertiary/aromatic N) is 2. The lowest BCUT2D eigenvalue weighted by atomic mass is 10.0. The number of carbonyl (C=O) groups excluding carboxylic acids is 1. The van der Waals surface area contributed by atoms with Gasteiger partial charge in [0.25, 0.3) is 0 Å². The number of carboxylic acid groups (broad SMARTS) is 1. The Kier molecular flexibility index (Phi) is 8.83. The van der Waals surface area contributed by atoms with Gasteiger partial charge in [-0.15, -0.1) is 11.3 Å². The number of rotatable bonds is 9. The molecule has 3 heterocycles. The second kappa shape index (κ2) is 12.2. The summed E-state index contributed by atoms with van der Waals surface area (Å²) >= 11 is 3.81. The molecule has 36 heavy (non-hydrogen) atoms. The van der Waals surface area contributed by atoms with E-state index in [0.29, 0.717) is 37.9 Å². The molecule has 186 valence electrons. The molecule has 10 heteroatoms. The Labute approximate surface area is 220 Å². The van der Waals surface area contributed by atoms with Gasteiger partial charge in [0, 0.05) is 41.5 Å². The minimum atomic E-state index is -0.961. The molecule has 2 aromatic heterocycles. The van der Waals surface area contributed by atoms with E-state index in [4.69, 9.17) is 5.11 Å². The molecular formula is C26H23FN2O4S3. The van der Waals surface area contributed by atoms with Gasteiger partial charge in [-0.2, -0.15) is 11.3 Å². The van der Waals surface area contributed by atoms with Crippen molar-refractivity contribution >= 4 is 45.6 Å². The van der Waals surface area contributed by atoms with Crippen LogP contribution in [0.4, 0.5) is 9.18 Å². The summed E-state index contributed by atoms with van der Waals surface area (Å²) in [4.78, 5) is 24.7. The Balaban J connectivity index is 1.33. The van der Waals surface area contributed by atoms with Crippen LogP contribution in [0, 0.1) is 17.7 Å². The summed E-state index contributed by atoms with van der Waals surface area (Å²) in [5.74, 6) is 4.45. The molecule has 0 bridgehead atoms. The fraction of sp³-hybridized carbons (Fsp3) is 0.231. The summed E-state index contributed by atoms with van der Waals surface area (Å²) in [6, 6.07) is 9.88. The lowest BCUT2D eigenvalue weighted by molar-refractivity contribution is 0.0548. The minimum absolute atomic E-state index is 0.130. The summed E-state index contributed by atoms with van der Waals surface area (Å²) in [5, 5.41) is 28.5. The molecule has 1 aliphatic heterocycles. The predicted molar refractivity (Wildman–Crippen MR) is 142 cm³/mol. The summed E-state index contributed by atoms with van der Waals surface area (Å²) in [6.45, 7) is 0.816. The van der Waals surface area contributed by atoms with E-state index >= 15 is 0 Å². The van der Waals surface area contributed by atoms with Crippen molar-refractivity contribution in [3.63, 3.8) is 0 Å². The Morgan fingerprint density at radius 2 is 2.00 bits per heavy atom. The highest BCUT2D eigenvalue weighted by Crippen LogP contribution is 2.23. The third-order valence-corrected chi connectivity index (χ3v) is 7.91. The van der Waals surface area contributed by atoms with Crippen LogP contribution in [0.15, 0.2) is 58.8 Å². The summed E-state index contributed by atoms with van der Waals surface area (Å²) in [6.07, 6.45) is 2.37. The van der Waals surface area contributed by atoms with Crippen molar-refractivity contribution in [1.82, 2.24) is 10.0 Å². The Morgan fingerprint density at radius 3 is 2.75 bits per heavy atom. The van der Waals surface area contributed by atoms with E-state index in [1.54, 1.807) is 45.9 Å². The molecule has 1 aliphatic rings. The first kappa shape index (κ1) is 26.0. The van der Waals surface area contributed by atoms with E-state index in [2.05, 4.69) is 11.8 Å². The molecule has 0 saturated heterocycles. The molecule has 1 amide bonds. The molecule has 1 atom stereocenters. The third kappa shape index (κ3) is 6.98. The molecule has 1 aromatic carbocycles. The van der Waals surface area contributed by atoms with E-state index in [1.165, 1.54) is 28.7 Å². The van der Waals surface area contributed by atoms with Gasteiger partial charge in [0.05, 0.1) is 11.7 Å². The normalized spacial score (nSPS) is 14.0. The lowest BCUT2D eigenvalue weighted by Gasteiger charge is -2.36. The van der Waals surface area contributed by atoms with Crippen LogP contribution in [0.1, 0.15) is 37.7 Å². The highest BCUT2D eigenvalue weighted by molar-refractivity contribution is 8.16. The second-order valence-corrected chi connectivity index (χ2v) is 10.8. The van der Waals surface area contributed by atoms with Gasteiger partial charge in [0.2, 0.25) is 0 Å². The zero-order valence-corrected chi connectivity index (χ0v) is 21.5. The van der Waals surface area contributed by atoms with Crippen LogP contribution in [0.2, 0.25) is 0 Å². The number of hydrazine groups is 1. The summed E-state index contributed by atoms with van der Waals surface area (Å²) in [7, 11) is 0. The number of carbonyl (C=O) groups is 2. The SMILES string of the molecule is O=C(O)c1ccc(CCN2C(=O)SC=CN2CCC(O)Cc2ccc(F)c(C#Cc3ccsc3)c2)s1. The molecule has 2 N–H and O–H groups in total. The van der Waals surface area contributed by atoms with E-state index in [0.717, 1.165) is 27.8 Å². The van der Waals surface area contributed by atoms with Crippen LogP contribution in [0.25, 0.3) is 0 Å². The Hall–Kier alpha value is -3.10. The largest absolute Gasteiger partial charge is 0.477 e. The first-order valence-electron chi connectivity index (χ1n) is 11.1. The van der Waals surface area contributed by atoms with Crippen LogP contribution >= 0.6 is 34.4 Å². The zero-order chi connectivity index (χ0) is 25.5. The zero-order valence-electron chi connectivity index (χ0n) is 19.1. The molecule has 3 aromatic rings. The molecule has 1 unspecified atom stereocenters. The molecule has 0 spiro atoms. The van der Waals surface area contributed by atoms with Crippen LogP contribution in [-0.2, 0) is 12.8 Å². The highest BCUT2D eigenvalue weighted by Gasteiger charge is 2.23. The minimum Gasteiger partial charge on any atom is -0.477 e. The van der Waals surface area contributed by atoms with Crippen LogP contribution in [0.3, 0.4) is 0 Å². The number of aliphatic hydroxyl groups is 1. The van der Waals surface area contributed by atoms with Crippen molar-refractivity contribution in [3.05, 3.63) is 91.0 Å². The molecular weight excluding hydrogens is 519 g/mol. The van der Waals surface area contributed by atoms with Gasteiger partial charge in [0.1, 0.15) is 10.7 Å². The van der Waals surface area contributed by atoms with E-state index in [9.17, 15) is 19.1 Å². The fourth-order valence-corrected chi connectivity index (χ4v) is 5.65. The topological polar surface area (TPSA) is 81.1 Å². The maximum absolute atomic E-state index is 14.2. The van der Waals surface area contributed by atoms with E-state index in [-0.39, 0.29) is 10.1 Å². The Bertz CT molecular complexity index is 1310. The molecule has 6 nitrogen and oxygen atoms in total. The van der Waals surface area contributed by atoms with Gasteiger partial charge in [0.15, 0.2) is 0 Å². The number of thioether (sulfide) groups is 1. The average Bonchev–Trinajstić information content (AvgIpc) is 3.55. The van der Waals surface area contributed by atoms with Crippen LogP contribution < -0.4 is 0 Å². The van der Waals surface area contributed by atoms with E-state index < -0.39 is 17.9 Å². The number of benzene rings is 1. The number of carboxylic acids is 1. The Morgan fingerprint density at radius 1 is 1.14 bits per heavy atom. The molecule has 4 rings (SSSR count). The highest BCUT2D eigenvalue weighted by atomic mass is 32.2. The maximum atomic E-state index is 14.2. The molecule has 0 radical (unpaired) electrons. The number of halogens is 1. The lowest BCUT2D eigenvalue weighted by Crippen LogP contribution is -2.45. The van der Waals surface area contributed by atoms with Crippen LogP contribution in [0.5, 0.6) is 0 Å². The second-order valence-electron chi connectivity index (χ2n) is 8.00. The quantitative estimate of drug-likeness (QED) is 0.351. The first-order valence-corrected chi connectivity index (χ1v) is 13.8. The molecule has 0 saturated carbocycles. The van der Waals surface area contributed by atoms with Gasteiger partial charge in [-0.3, -0.25) is 9.80 Å². The van der Waals surface area contributed by atoms with Crippen molar-refractivity contribution in [2.75, 3.05) is 13.1 Å². The van der Waals surface area contributed by atoms with Crippen molar-refractivity contribution in [2.24, 2.45) is 0 Å². The standard InChI is InChI=1S/C26H23FN2O4S3/c27-23-5-2-19(15-20(23)3-1-18-9-13-34-17-18)16-21(30)7-10-28-12-14-35-26(33)29(28)11-8-22-4-6-24(36-22)25(31)32/h2,4-6,9,12-15,17,21,30H,7-8,10-11,16H2,(H,31,32). The van der Waals surface area contributed by atoms with Crippen molar-refractivity contribution < 1.29 is 24.2 Å². The number of hydrogen-bond donors (Lipinski definition) is 2. The van der Waals surface area contributed by atoms with E-state index in [1.807, 2.05) is 16.8 Å². The van der Waals surface area contributed by atoms with Gasteiger partial charge >= 0.3 is 11.2 Å². The summed E-state index contributed by atoms with van der Waals surface area (Å²) < 4.78 is 14.2. The number of amides is 1. The first-order chi connectivity index (χ1) is 17.4.